The van der Waals surface area contributed by atoms with Crippen LogP contribution in [-0.4, -0.2) is 123 Å². The van der Waals surface area contributed by atoms with Gasteiger partial charge in [-0.15, -0.1) is 0 Å². The monoisotopic (exact) mass is 298 g/mol. The van der Waals surface area contributed by atoms with Crippen LogP contribution in [0.15, 0.2) is 30.3 Å². The van der Waals surface area contributed by atoms with E-state index >= 15 is 0 Å². The van der Waals surface area contributed by atoms with Crippen molar-refractivity contribution in [1.82, 2.24) is 0 Å². The summed E-state index contributed by atoms with van der Waals surface area (Å²) in [5.41, 5.74) is 0.485. The third kappa shape index (κ3) is 8.27. The van der Waals surface area contributed by atoms with Gasteiger partial charge in [0.25, 0.3) is 0 Å². The number of hydrogen-bond donors (Lipinski definition) is 2. The first-order chi connectivity index (χ1) is 5.22. The fourth-order valence-corrected chi connectivity index (χ4v) is 1.26. The van der Waals surface area contributed by atoms with Gasteiger partial charge in [-0.1, -0.05) is 30.3 Å². The summed E-state index contributed by atoms with van der Waals surface area (Å²) in [4.78, 5) is 8.57. The minimum atomic E-state index is -2.86. The van der Waals surface area contributed by atoms with Crippen molar-refractivity contribution >= 4 is 121 Å². The van der Waals surface area contributed by atoms with E-state index in [0.717, 1.165) is 0 Å². The normalized spacial score (nSPS) is 12.4. The van der Waals surface area contributed by atoms with Gasteiger partial charge in [0.2, 0.25) is 8.03 Å². The first-order valence-electron chi connectivity index (χ1n) is 3.17. The fraction of sp³-hybridized carbons (Fsp3) is 0.143. The van der Waals surface area contributed by atoms with Crippen LogP contribution in [0, 0.1) is 0 Å². The Morgan fingerprint density at radius 1 is 1.07 bits per heavy atom. The van der Waals surface area contributed by atoms with E-state index in [2.05, 4.69) is 0 Å². The zero-order chi connectivity index (χ0) is 8.27. The van der Waals surface area contributed by atoms with Crippen LogP contribution in [0.4, 0.5) is 0 Å². The van der Waals surface area contributed by atoms with E-state index in [1.54, 1.807) is 30.3 Å². The van der Waals surface area contributed by atoms with Crippen molar-refractivity contribution in [3.63, 3.8) is 0 Å². The SMILES string of the molecule is O=[PH](O)C(O)c1ccccc1.[CaH2].[CaH2].[CaH2]. The van der Waals surface area contributed by atoms with E-state index in [0.29, 0.717) is 5.56 Å². The van der Waals surface area contributed by atoms with Crippen LogP contribution in [0.25, 0.3) is 0 Å². The van der Waals surface area contributed by atoms with Gasteiger partial charge in [-0.2, -0.15) is 0 Å². The summed E-state index contributed by atoms with van der Waals surface area (Å²) < 4.78 is 10.4. The van der Waals surface area contributed by atoms with Gasteiger partial charge in [0, 0.05) is 0 Å². The average Bonchev–Trinajstić information content (AvgIpc) is 2.05. The van der Waals surface area contributed by atoms with Crippen LogP contribution >= 0.6 is 8.03 Å². The number of rotatable bonds is 2. The molecule has 2 atom stereocenters. The summed E-state index contributed by atoms with van der Waals surface area (Å²) in [7, 11) is -2.86. The summed E-state index contributed by atoms with van der Waals surface area (Å²) >= 11 is 0. The molecule has 0 amide bonds. The van der Waals surface area contributed by atoms with Crippen LogP contribution in [0.1, 0.15) is 11.4 Å². The fourth-order valence-electron chi connectivity index (χ4n) is 0.778. The first kappa shape index (κ1) is 22.3. The molecule has 72 valence electrons. The summed E-state index contributed by atoms with van der Waals surface area (Å²) in [6, 6.07) is 8.43. The number of benzene rings is 1. The quantitative estimate of drug-likeness (QED) is 0.510. The molecule has 0 saturated carbocycles. The maximum atomic E-state index is 10.4. The summed E-state index contributed by atoms with van der Waals surface area (Å²) in [6.07, 6.45) is 0. The van der Waals surface area contributed by atoms with Crippen molar-refractivity contribution in [2.45, 2.75) is 5.85 Å². The van der Waals surface area contributed by atoms with Gasteiger partial charge in [-0.3, -0.25) is 4.57 Å². The molecule has 0 fully saturated rings. The molecule has 0 aliphatic heterocycles. The zero-order valence-corrected chi connectivity index (χ0v) is 6.77. The van der Waals surface area contributed by atoms with Crippen molar-refractivity contribution in [1.29, 1.82) is 0 Å². The van der Waals surface area contributed by atoms with Crippen LogP contribution in [0.2, 0.25) is 0 Å². The van der Waals surface area contributed by atoms with Gasteiger partial charge in [-0.25, -0.2) is 0 Å². The van der Waals surface area contributed by atoms with Crippen molar-refractivity contribution < 1.29 is 14.6 Å². The molecule has 1 aromatic carbocycles. The van der Waals surface area contributed by atoms with E-state index in [1.807, 2.05) is 0 Å². The zero-order valence-electron chi connectivity index (χ0n) is 5.77. The standard InChI is InChI=1S/C7H9O3P.3Ca.6H/c8-7(11(9)10)6-4-2-1-3-5-6;;;;;;;;;/h1-5,7-8,11H,(H,9,10);;;;;;;;;. The Balaban J connectivity index is -0.000000403. The molecule has 0 aliphatic carbocycles. The second-order valence-corrected chi connectivity index (χ2v) is 3.37. The molecular formula is C7H15Ca3O3P. The second kappa shape index (κ2) is 12.6. The van der Waals surface area contributed by atoms with Crippen molar-refractivity contribution in [3.8, 4) is 0 Å². The van der Waals surface area contributed by atoms with Crippen LogP contribution in [0.5, 0.6) is 0 Å². The van der Waals surface area contributed by atoms with Gasteiger partial charge in [-0.05, 0) is 5.56 Å². The minimum absolute atomic E-state index is 0. The van der Waals surface area contributed by atoms with Crippen molar-refractivity contribution in [2.75, 3.05) is 0 Å². The molecule has 1 rings (SSSR count). The molecule has 3 nitrogen and oxygen atoms in total. The van der Waals surface area contributed by atoms with Gasteiger partial charge in [0.1, 0.15) is 0 Å². The maximum absolute atomic E-state index is 10.4. The Morgan fingerprint density at radius 3 is 1.86 bits per heavy atom. The summed E-state index contributed by atoms with van der Waals surface area (Å²) in [5.74, 6) is -1.22. The molecule has 0 bridgehead atoms. The molecule has 2 N–H and O–H groups in total. The van der Waals surface area contributed by atoms with Gasteiger partial charge < -0.3 is 10.00 Å². The number of aliphatic hydroxyl groups excluding tert-OH is 1. The molecular weight excluding hydrogens is 283 g/mol. The van der Waals surface area contributed by atoms with Crippen LogP contribution < -0.4 is 0 Å². The third-order valence-electron chi connectivity index (χ3n) is 1.35. The third-order valence-corrected chi connectivity index (χ3v) is 2.15. The van der Waals surface area contributed by atoms with Gasteiger partial charge in [0.15, 0.2) is 5.85 Å². The van der Waals surface area contributed by atoms with E-state index in [1.165, 1.54) is 0 Å². The molecule has 0 aromatic heterocycles. The Hall–Kier alpha value is 3.15. The summed E-state index contributed by atoms with van der Waals surface area (Å²) in [5, 5.41) is 9.08. The van der Waals surface area contributed by atoms with E-state index in [4.69, 9.17) is 10.00 Å². The Bertz CT molecular complexity index is 258. The molecule has 14 heavy (non-hydrogen) atoms. The molecule has 2 unspecified atom stereocenters. The average molecular weight is 298 g/mol. The van der Waals surface area contributed by atoms with Gasteiger partial charge >= 0.3 is 113 Å². The Morgan fingerprint density at radius 2 is 1.50 bits per heavy atom. The molecule has 0 radical (unpaired) electrons. The molecule has 7 heteroatoms. The molecule has 1 aromatic rings. The van der Waals surface area contributed by atoms with Crippen LogP contribution in [-0.2, 0) is 4.57 Å². The Kier molecular flexibility index (Phi) is 20.1. The molecule has 0 spiro atoms. The predicted molar refractivity (Wildman–Crippen MR) is 68.3 cm³/mol. The van der Waals surface area contributed by atoms with Crippen molar-refractivity contribution in [3.05, 3.63) is 35.9 Å². The van der Waals surface area contributed by atoms with Crippen molar-refractivity contribution in [2.24, 2.45) is 0 Å². The number of hydrogen-bond acceptors (Lipinski definition) is 2. The molecule has 0 heterocycles. The topological polar surface area (TPSA) is 57.5 Å². The van der Waals surface area contributed by atoms with E-state index in [9.17, 15) is 4.57 Å². The molecule has 0 saturated heterocycles. The number of aliphatic hydroxyl groups is 1. The van der Waals surface area contributed by atoms with E-state index < -0.39 is 13.9 Å². The Labute approximate surface area is 174 Å². The predicted octanol–water partition coefficient (Wildman–Crippen LogP) is -1.60. The van der Waals surface area contributed by atoms with E-state index in [-0.39, 0.29) is 113 Å². The second-order valence-electron chi connectivity index (χ2n) is 2.15. The first-order valence-corrected chi connectivity index (χ1v) is 4.61. The van der Waals surface area contributed by atoms with Gasteiger partial charge in [0.05, 0.1) is 0 Å². The molecule has 0 aliphatic rings. The summed E-state index contributed by atoms with van der Waals surface area (Å²) in [6.45, 7) is 0. The van der Waals surface area contributed by atoms with Crippen LogP contribution in [0.3, 0.4) is 0 Å².